The molecule has 3 rings (SSSR count). The SMILES string of the molecule is CC(C)(C)OC(=O)NCCNC(=O)N1CCN(Cc2ccc3c(c2)OCO3)CC1. The largest absolute Gasteiger partial charge is 0.454 e. The van der Waals surface area contributed by atoms with E-state index in [1.165, 1.54) is 5.56 Å². The topological polar surface area (TPSA) is 92.4 Å². The summed E-state index contributed by atoms with van der Waals surface area (Å²) in [6, 6.07) is 5.88. The number of ether oxygens (including phenoxy) is 3. The maximum absolute atomic E-state index is 12.3. The third kappa shape index (κ3) is 6.42. The lowest BCUT2D eigenvalue weighted by Gasteiger charge is -2.34. The van der Waals surface area contributed by atoms with Crippen LogP contribution in [0, 0.1) is 0 Å². The van der Waals surface area contributed by atoms with Gasteiger partial charge in [0, 0.05) is 45.8 Å². The number of hydrogen-bond donors (Lipinski definition) is 2. The summed E-state index contributed by atoms with van der Waals surface area (Å²) in [5.41, 5.74) is 0.633. The number of alkyl carbamates (subject to hydrolysis) is 1. The first kappa shape index (κ1) is 21.0. The van der Waals surface area contributed by atoms with Crippen molar-refractivity contribution in [3.8, 4) is 11.5 Å². The van der Waals surface area contributed by atoms with Crippen molar-refractivity contribution in [1.82, 2.24) is 20.4 Å². The number of nitrogens with zero attached hydrogens (tertiary/aromatic N) is 2. The van der Waals surface area contributed by atoms with E-state index in [1.807, 2.05) is 18.2 Å². The van der Waals surface area contributed by atoms with E-state index in [9.17, 15) is 9.59 Å². The summed E-state index contributed by atoms with van der Waals surface area (Å²) in [6.45, 7) is 10.1. The molecular weight excluding hydrogens is 376 g/mol. The number of urea groups is 1. The second-order valence-corrected chi connectivity index (χ2v) is 8.11. The van der Waals surface area contributed by atoms with Crippen LogP contribution >= 0.6 is 0 Å². The van der Waals surface area contributed by atoms with Crippen LogP contribution in [0.5, 0.6) is 11.5 Å². The van der Waals surface area contributed by atoms with Crippen molar-refractivity contribution >= 4 is 12.1 Å². The van der Waals surface area contributed by atoms with Gasteiger partial charge in [-0.2, -0.15) is 0 Å². The molecule has 0 aromatic heterocycles. The fraction of sp³-hybridized carbons (Fsp3) is 0.600. The van der Waals surface area contributed by atoms with Crippen molar-refractivity contribution in [3.05, 3.63) is 23.8 Å². The van der Waals surface area contributed by atoms with E-state index in [0.717, 1.165) is 31.1 Å². The van der Waals surface area contributed by atoms with Gasteiger partial charge in [-0.1, -0.05) is 6.07 Å². The van der Waals surface area contributed by atoms with Crippen molar-refractivity contribution < 1.29 is 23.8 Å². The molecule has 2 aliphatic rings. The maximum atomic E-state index is 12.3. The van der Waals surface area contributed by atoms with Crippen LogP contribution in [0.4, 0.5) is 9.59 Å². The van der Waals surface area contributed by atoms with E-state index in [0.29, 0.717) is 26.2 Å². The van der Waals surface area contributed by atoms with Gasteiger partial charge in [-0.3, -0.25) is 4.90 Å². The van der Waals surface area contributed by atoms with Crippen molar-refractivity contribution in [2.24, 2.45) is 0 Å². The monoisotopic (exact) mass is 406 g/mol. The summed E-state index contributed by atoms with van der Waals surface area (Å²) in [5.74, 6) is 1.58. The van der Waals surface area contributed by atoms with Crippen LogP contribution in [0.15, 0.2) is 18.2 Å². The molecular formula is C20H30N4O5. The molecule has 9 heteroatoms. The van der Waals surface area contributed by atoms with E-state index < -0.39 is 11.7 Å². The molecule has 3 amide bonds. The fourth-order valence-electron chi connectivity index (χ4n) is 3.17. The van der Waals surface area contributed by atoms with Gasteiger partial charge in [0.05, 0.1) is 0 Å². The number of carbonyl (C=O) groups excluding carboxylic acids is 2. The molecule has 0 bridgehead atoms. The second kappa shape index (κ2) is 9.21. The van der Waals surface area contributed by atoms with Crippen LogP contribution < -0.4 is 20.1 Å². The standard InChI is InChI=1S/C20H30N4O5/c1-20(2,3)29-19(26)22-7-6-21-18(25)24-10-8-23(9-11-24)13-15-4-5-16-17(12-15)28-14-27-16/h4-5,12H,6-11,13-14H2,1-3H3,(H,21,25)(H,22,26). The molecule has 1 aromatic rings. The van der Waals surface area contributed by atoms with Gasteiger partial charge in [0.25, 0.3) is 0 Å². The molecule has 0 spiro atoms. The predicted molar refractivity (Wildman–Crippen MR) is 107 cm³/mol. The van der Waals surface area contributed by atoms with Crippen LogP contribution in [0.25, 0.3) is 0 Å². The number of benzene rings is 1. The summed E-state index contributed by atoms with van der Waals surface area (Å²) in [5, 5.41) is 5.46. The maximum Gasteiger partial charge on any atom is 0.407 e. The first-order chi connectivity index (χ1) is 13.8. The Labute approximate surface area is 171 Å². The number of nitrogens with one attached hydrogen (secondary N) is 2. The minimum Gasteiger partial charge on any atom is -0.454 e. The van der Waals surface area contributed by atoms with E-state index in [2.05, 4.69) is 15.5 Å². The summed E-state index contributed by atoms with van der Waals surface area (Å²) in [7, 11) is 0. The Kier molecular flexibility index (Phi) is 6.68. The zero-order valence-electron chi connectivity index (χ0n) is 17.3. The molecule has 1 saturated heterocycles. The number of piperazine rings is 1. The zero-order valence-corrected chi connectivity index (χ0v) is 17.3. The molecule has 2 N–H and O–H groups in total. The van der Waals surface area contributed by atoms with E-state index in [1.54, 1.807) is 25.7 Å². The quantitative estimate of drug-likeness (QED) is 0.724. The number of amides is 3. The molecule has 0 aliphatic carbocycles. The van der Waals surface area contributed by atoms with E-state index in [-0.39, 0.29) is 12.8 Å². The van der Waals surface area contributed by atoms with E-state index >= 15 is 0 Å². The van der Waals surface area contributed by atoms with Crippen molar-refractivity contribution in [2.45, 2.75) is 32.9 Å². The van der Waals surface area contributed by atoms with Gasteiger partial charge >= 0.3 is 12.1 Å². The second-order valence-electron chi connectivity index (χ2n) is 8.11. The molecule has 9 nitrogen and oxygen atoms in total. The molecule has 2 heterocycles. The Hall–Kier alpha value is -2.68. The summed E-state index contributed by atoms with van der Waals surface area (Å²) >= 11 is 0. The third-order valence-electron chi connectivity index (χ3n) is 4.57. The molecule has 160 valence electrons. The average Bonchev–Trinajstić information content (AvgIpc) is 3.12. The van der Waals surface area contributed by atoms with Gasteiger partial charge in [0.2, 0.25) is 6.79 Å². The Morgan fingerprint density at radius 1 is 1.03 bits per heavy atom. The van der Waals surface area contributed by atoms with Crippen molar-refractivity contribution in [2.75, 3.05) is 46.1 Å². The number of hydrogen-bond acceptors (Lipinski definition) is 6. The minimum atomic E-state index is -0.534. The van der Waals surface area contributed by atoms with Gasteiger partial charge in [-0.15, -0.1) is 0 Å². The smallest absolute Gasteiger partial charge is 0.407 e. The highest BCUT2D eigenvalue weighted by atomic mass is 16.7. The van der Waals surface area contributed by atoms with Gasteiger partial charge < -0.3 is 29.7 Å². The third-order valence-corrected chi connectivity index (χ3v) is 4.57. The van der Waals surface area contributed by atoms with Gasteiger partial charge in [0.1, 0.15) is 5.60 Å². The molecule has 29 heavy (non-hydrogen) atoms. The Morgan fingerprint density at radius 3 is 2.45 bits per heavy atom. The first-order valence-electron chi connectivity index (χ1n) is 9.91. The van der Waals surface area contributed by atoms with Gasteiger partial charge in [-0.05, 0) is 38.5 Å². The fourth-order valence-corrected chi connectivity index (χ4v) is 3.17. The highest BCUT2D eigenvalue weighted by Crippen LogP contribution is 2.32. The molecule has 2 aliphatic heterocycles. The molecule has 1 fully saturated rings. The number of fused-ring (bicyclic) bond motifs is 1. The van der Waals surface area contributed by atoms with Gasteiger partial charge in [0.15, 0.2) is 11.5 Å². The van der Waals surface area contributed by atoms with Crippen LogP contribution in [-0.4, -0.2) is 73.6 Å². The van der Waals surface area contributed by atoms with Crippen LogP contribution in [-0.2, 0) is 11.3 Å². The summed E-state index contributed by atoms with van der Waals surface area (Å²) in [4.78, 5) is 28.0. The lowest BCUT2D eigenvalue weighted by molar-refractivity contribution is 0.0528. The predicted octanol–water partition coefficient (Wildman–Crippen LogP) is 1.77. The average molecular weight is 406 g/mol. The van der Waals surface area contributed by atoms with Crippen molar-refractivity contribution in [3.63, 3.8) is 0 Å². The lowest BCUT2D eigenvalue weighted by atomic mass is 10.1. The normalized spacial score (nSPS) is 16.4. The molecule has 0 saturated carbocycles. The number of rotatable bonds is 5. The first-order valence-corrected chi connectivity index (χ1v) is 9.91. The molecule has 0 unspecified atom stereocenters. The molecule has 0 radical (unpaired) electrons. The van der Waals surface area contributed by atoms with Crippen molar-refractivity contribution in [1.29, 1.82) is 0 Å². The van der Waals surface area contributed by atoms with Crippen LogP contribution in [0.2, 0.25) is 0 Å². The molecule has 1 aromatic carbocycles. The lowest BCUT2D eigenvalue weighted by Crippen LogP contribution is -2.52. The Balaban J connectivity index is 1.33. The van der Waals surface area contributed by atoms with E-state index in [4.69, 9.17) is 14.2 Å². The zero-order chi connectivity index (χ0) is 20.9. The van der Waals surface area contributed by atoms with Crippen LogP contribution in [0.3, 0.4) is 0 Å². The number of carbonyl (C=O) groups is 2. The summed E-state index contributed by atoms with van der Waals surface area (Å²) < 4.78 is 15.9. The minimum absolute atomic E-state index is 0.112. The Morgan fingerprint density at radius 2 is 1.72 bits per heavy atom. The Bertz CT molecular complexity index is 726. The van der Waals surface area contributed by atoms with Gasteiger partial charge in [-0.25, -0.2) is 9.59 Å². The highest BCUT2D eigenvalue weighted by Gasteiger charge is 2.22. The van der Waals surface area contributed by atoms with Crippen LogP contribution in [0.1, 0.15) is 26.3 Å². The highest BCUT2D eigenvalue weighted by molar-refractivity contribution is 5.74. The summed E-state index contributed by atoms with van der Waals surface area (Å²) in [6.07, 6.45) is -0.483. The molecule has 0 atom stereocenters.